The van der Waals surface area contributed by atoms with Gasteiger partial charge in [-0.25, -0.2) is 0 Å². The predicted molar refractivity (Wildman–Crippen MR) is 65.7 cm³/mol. The lowest BCUT2D eigenvalue weighted by atomic mass is 10.1. The van der Waals surface area contributed by atoms with E-state index in [4.69, 9.17) is 0 Å². The van der Waals surface area contributed by atoms with Crippen molar-refractivity contribution in [2.75, 3.05) is 13.6 Å². The number of carbonyl (C=O) groups excluding carboxylic acids is 2. The third kappa shape index (κ3) is 2.80. The van der Waals surface area contributed by atoms with Gasteiger partial charge in [0, 0.05) is 26.6 Å². The van der Waals surface area contributed by atoms with E-state index >= 15 is 0 Å². The summed E-state index contributed by atoms with van der Waals surface area (Å²) in [7, 11) is 1.72. The molecule has 0 bridgehead atoms. The van der Waals surface area contributed by atoms with Crippen LogP contribution in [0.5, 0.6) is 5.75 Å². The van der Waals surface area contributed by atoms with Crippen LogP contribution < -0.4 is 5.32 Å². The zero-order valence-corrected chi connectivity index (χ0v) is 10.2. The highest BCUT2D eigenvalue weighted by molar-refractivity contribution is 5.89. The van der Waals surface area contributed by atoms with Gasteiger partial charge in [0.05, 0.1) is 5.92 Å². The first-order valence-corrected chi connectivity index (χ1v) is 5.86. The van der Waals surface area contributed by atoms with Crippen LogP contribution in [0.1, 0.15) is 12.0 Å². The second kappa shape index (κ2) is 5.08. The fourth-order valence-electron chi connectivity index (χ4n) is 2.04. The van der Waals surface area contributed by atoms with E-state index in [-0.39, 0.29) is 29.9 Å². The Morgan fingerprint density at radius 3 is 2.67 bits per heavy atom. The molecule has 1 aromatic carbocycles. The van der Waals surface area contributed by atoms with Gasteiger partial charge in [0.25, 0.3) is 0 Å². The Kier molecular flexibility index (Phi) is 3.50. The summed E-state index contributed by atoms with van der Waals surface area (Å²) in [5.41, 5.74) is 0.945. The van der Waals surface area contributed by atoms with Crippen LogP contribution in [0, 0.1) is 5.92 Å². The molecule has 0 aromatic heterocycles. The second-order valence-electron chi connectivity index (χ2n) is 4.57. The normalized spacial score (nSPS) is 18.5. The highest BCUT2D eigenvalue weighted by Gasteiger charge is 2.29. The monoisotopic (exact) mass is 248 g/mol. The number of nitrogens with one attached hydrogen (secondary N) is 1. The van der Waals surface area contributed by atoms with E-state index < -0.39 is 0 Å². The zero-order valence-electron chi connectivity index (χ0n) is 10.2. The van der Waals surface area contributed by atoms with E-state index in [2.05, 4.69) is 5.32 Å². The first-order valence-electron chi connectivity index (χ1n) is 5.86. The molecule has 1 aliphatic rings. The van der Waals surface area contributed by atoms with Crippen molar-refractivity contribution in [1.82, 2.24) is 10.2 Å². The Morgan fingerprint density at radius 1 is 1.44 bits per heavy atom. The number of carbonyl (C=O) groups is 2. The van der Waals surface area contributed by atoms with Crippen molar-refractivity contribution in [3.63, 3.8) is 0 Å². The standard InChI is InChI=1S/C13H16N2O3/c1-15(8-9-2-4-11(16)5-3-9)13(18)10-6-12(17)14-7-10/h2-5,10,16H,6-8H2,1H3,(H,14,17). The number of amides is 2. The molecule has 0 saturated carbocycles. The lowest BCUT2D eigenvalue weighted by Crippen LogP contribution is -2.33. The number of hydrogen-bond acceptors (Lipinski definition) is 3. The summed E-state index contributed by atoms with van der Waals surface area (Å²) in [6, 6.07) is 6.73. The Morgan fingerprint density at radius 2 is 2.11 bits per heavy atom. The summed E-state index contributed by atoms with van der Waals surface area (Å²) in [6.07, 6.45) is 0.277. The first-order chi connectivity index (χ1) is 8.56. The third-order valence-corrected chi connectivity index (χ3v) is 3.06. The SMILES string of the molecule is CN(Cc1ccc(O)cc1)C(=O)C1CNC(=O)C1. The quantitative estimate of drug-likeness (QED) is 0.817. The van der Waals surface area contributed by atoms with Gasteiger partial charge in [-0.2, -0.15) is 0 Å². The van der Waals surface area contributed by atoms with Gasteiger partial charge >= 0.3 is 0 Å². The van der Waals surface area contributed by atoms with E-state index in [1.165, 1.54) is 0 Å². The molecule has 0 spiro atoms. The summed E-state index contributed by atoms with van der Waals surface area (Å²) >= 11 is 0. The largest absolute Gasteiger partial charge is 0.508 e. The first kappa shape index (κ1) is 12.4. The average Bonchev–Trinajstić information content (AvgIpc) is 2.78. The maximum absolute atomic E-state index is 12.0. The van der Waals surface area contributed by atoms with Crippen molar-refractivity contribution in [3.8, 4) is 5.75 Å². The molecule has 2 amide bonds. The molecule has 2 rings (SSSR count). The highest BCUT2D eigenvalue weighted by Crippen LogP contribution is 2.15. The van der Waals surface area contributed by atoms with Gasteiger partial charge in [0.15, 0.2) is 0 Å². The minimum absolute atomic E-state index is 0.0265. The van der Waals surface area contributed by atoms with Crippen molar-refractivity contribution in [2.45, 2.75) is 13.0 Å². The molecule has 0 radical (unpaired) electrons. The lowest BCUT2D eigenvalue weighted by Gasteiger charge is -2.20. The summed E-state index contributed by atoms with van der Waals surface area (Å²) < 4.78 is 0. The van der Waals surface area contributed by atoms with E-state index in [0.29, 0.717) is 13.1 Å². The summed E-state index contributed by atoms with van der Waals surface area (Å²) in [4.78, 5) is 24.7. The molecule has 1 aromatic rings. The van der Waals surface area contributed by atoms with Crippen LogP contribution >= 0.6 is 0 Å². The third-order valence-electron chi connectivity index (χ3n) is 3.06. The topological polar surface area (TPSA) is 69.6 Å². The van der Waals surface area contributed by atoms with Crippen LogP contribution in [0.4, 0.5) is 0 Å². The van der Waals surface area contributed by atoms with Crippen LogP contribution in [-0.2, 0) is 16.1 Å². The van der Waals surface area contributed by atoms with Crippen molar-refractivity contribution in [1.29, 1.82) is 0 Å². The van der Waals surface area contributed by atoms with E-state index in [1.807, 2.05) is 0 Å². The van der Waals surface area contributed by atoms with E-state index in [0.717, 1.165) is 5.56 Å². The van der Waals surface area contributed by atoms with E-state index in [1.54, 1.807) is 36.2 Å². The van der Waals surface area contributed by atoms with Gasteiger partial charge < -0.3 is 15.3 Å². The summed E-state index contributed by atoms with van der Waals surface area (Å²) in [5, 5.41) is 11.8. The van der Waals surface area contributed by atoms with Crippen LogP contribution in [0.15, 0.2) is 24.3 Å². The van der Waals surface area contributed by atoms with Crippen molar-refractivity contribution >= 4 is 11.8 Å². The summed E-state index contributed by atoms with van der Waals surface area (Å²) in [6.45, 7) is 0.904. The van der Waals surface area contributed by atoms with Gasteiger partial charge in [-0.1, -0.05) is 12.1 Å². The Hall–Kier alpha value is -2.04. The minimum Gasteiger partial charge on any atom is -0.508 e. The molecule has 1 saturated heterocycles. The number of nitrogens with zero attached hydrogens (tertiary/aromatic N) is 1. The number of hydrogen-bond donors (Lipinski definition) is 2. The highest BCUT2D eigenvalue weighted by atomic mass is 16.3. The van der Waals surface area contributed by atoms with Gasteiger partial charge in [0.1, 0.15) is 5.75 Å². The number of benzene rings is 1. The maximum atomic E-state index is 12.0. The Balaban J connectivity index is 1.95. The fraction of sp³-hybridized carbons (Fsp3) is 0.385. The van der Waals surface area contributed by atoms with Crippen LogP contribution in [-0.4, -0.2) is 35.4 Å². The molecule has 1 unspecified atom stereocenters. The predicted octanol–water partition coefficient (Wildman–Crippen LogP) is 0.487. The van der Waals surface area contributed by atoms with Crippen molar-refractivity contribution < 1.29 is 14.7 Å². The molecule has 2 N–H and O–H groups in total. The number of phenols is 1. The van der Waals surface area contributed by atoms with Gasteiger partial charge in [0.2, 0.25) is 11.8 Å². The molecule has 0 aliphatic carbocycles. The maximum Gasteiger partial charge on any atom is 0.228 e. The summed E-state index contributed by atoms with van der Waals surface area (Å²) in [5.74, 6) is -0.134. The average molecular weight is 248 g/mol. The Labute approximate surface area is 105 Å². The molecular formula is C13H16N2O3. The lowest BCUT2D eigenvalue weighted by molar-refractivity contribution is -0.135. The minimum atomic E-state index is -0.250. The van der Waals surface area contributed by atoms with Crippen LogP contribution in [0.2, 0.25) is 0 Å². The number of aromatic hydroxyl groups is 1. The molecular weight excluding hydrogens is 232 g/mol. The molecule has 1 heterocycles. The molecule has 5 heteroatoms. The van der Waals surface area contributed by atoms with Crippen molar-refractivity contribution in [3.05, 3.63) is 29.8 Å². The van der Waals surface area contributed by atoms with E-state index in [9.17, 15) is 14.7 Å². The van der Waals surface area contributed by atoms with Crippen LogP contribution in [0.3, 0.4) is 0 Å². The molecule has 1 aliphatic heterocycles. The fourth-order valence-corrected chi connectivity index (χ4v) is 2.04. The van der Waals surface area contributed by atoms with Gasteiger partial charge in [-0.05, 0) is 17.7 Å². The second-order valence-corrected chi connectivity index (χ2v) is 4.57. The van der Waals surface area contributed by atoms with Crippen molar-refractivity contribution in [2.24, 2.45) is 5.92 Å². The molecule has 96 valence electrons. The number of phenolic OH excluding ortho intramolecular Hbond substituents is 1. The number of rotatable bonds is 3. The van der Waals surface area contributed by atoms with Gasteiger partial charge in [-0.15, -0.1) is 0 Å². The van der Waals surface area contributed by atoms with Gasteiger partial charge in [-0.3, -0.25) is 9.59 Å². The molecule has 1 fully saturated rings. The molecule has 5 nitrogen and oxygen atoms in total. The molecule has 1 atom stereocenters. The molecule has 18 heavy (non-hydrogen) atoms. The zero-order chi connectivity index (χ0) is 13.1. The Bertz CT molecular complexity index is 456. The smallest absolute Gasteiger partial charge is 0.228 e. The van der Waals surface area contributed by atoms with Crippen LogP contribution in [0.25, 0.3) is 0 Å².